The van der Waals surface area contributed by atoms with Crippen LogP contribution in [0.3, 0.4) is 0 Å². The van der Waals surface area contributed by atoms with Crippen LogP contribution in [-0.2, 0) is 0 Å². The van der Waals surface area contributed by atoms with Crippen LogP contribution in [0, 0.1) is 0 Å². The topological polar surface area (TPSA) is 23.0 Å². The molecule has 0 aliphatic carbocycles. The number of hydrogen-bond acceptors (Lipinski definition) is 1. The minimum absolute atomic E-state index is 0.0351. The number of nitrogens with zero attached hydrogens (tertiary/aromatic N) is 2. The van der Waals surface area contributed by atoms with Crippen molar-refractivity contribution in [2.45, 2.75) is 0 Å². The smallest absolute Gasteiger partial charge is 0.179 e. The molecule has 0 unspecified atom stereocenters. The second kappa shape index (κ2) is 17.7. The molecule has 4 heteroatoms. The van der Waals surface area contributed by atoms with Gasteiger partial charge in [0.15, 0.2) is 8.07 Å². The minimum atomic E-state index is -4.52. The van der Waals surface area contributed by atoms with Crippen LogP contribution in [0.2, 0.25) is 0 Å². The summed E-state index contributed by atoms with van der Waals surface area (Å²) < 4.78 is 152. The molecule has 0 fully saturated rings. The van der Waals surface area contributed by atoms with Crippen LogP contribution in [0.15, 0.2) is 295 Å². The van der Waals surface area contributed by atoms with Crippen molar-refractivity contribution < 1.29 is 25.0 Å². The molecule has 3 nitrogen and oxygen atoms in total. The third-order valence-corrected chi connectivity index (χ3v) is 19.4. The Morgan fingerprint density at radius 2 is 0.829 bits per heavy atom. The maximum atomic E-state index is 9.87. The van der Waals surface area contributed by atoms with Crippen molar-refractivity contribution in [2.75, 3.05) is 0 Å². The van der Waals surface area contributed by atoms with Gasteiger partial charge in [0.2, 0.25) is 0 Å². The number of para-hydroxylation sites is 4. The van der Waals surface area contributed by atoms with Gasteiger partial charge in [0.05, 0.1) is 48.3 Å². The molecule has 0 saturated heterocycles. The van der Waals surface area contributed by atoms with E-state index in [9.17, 15) is 16.4 Å². The Balaban J connectivity index is 1.13. The second-order valence-electron chi connectivity index (χ2n) is 18.8. The number of rotatable bonds is 9. The van der Waals surface area contributed by atoms with Gasteiger partial charge in [-0.05, 0) is 79.9 Å². The molecule has 3 aromatic heterocycles. The maximum Gasteiger partial charge on any atom is 0.179 e. The molecule has 0 aliphatic heterocycles. The van der Waals surface area contributed by atoms with E-state index in [-0.39, 0.29) is 38.3 Å². The zero-order valence-corrected chi connectivity index (χ0v) is 41.4. The van der Waals surface area contributed by atoms with Gasteiger partial charge in [0.1, 0.15) is 11.2 Å². The summed E-state index contributed by atoms with van der Waals surface area (Å²) >= 11 is 0. The summed E-state index contributed by atoms with van der Waals surface area (Å²) in [6.45, 7) is 0. The van der Waals surface area contributed by atoms with Gasteiger partial charge in [-0.15, -0.1) is 0 Å². The summed E-state index contributed by atoms with van der Waals surface area (Å²) in [4.78, 5) is 0. The normalized spacial score (nSPS) is 14.7. The van der Waals surface area contributed by atoms with E-state index in [0.717, 1.165) is 60.6 Å². The molecular formula is C72H48N2OSi. The summed E-state index contributed by atoms with van der Waals surface area (Å²) in [5, 5.41) is 6.54. The highest BCUT2D eigenvalue weighted by atomic mass is 28.3. The van der Waals surface area contributed by atoms with Crippen LogP contribution in [0.4, 0.5) is 0 Å². The number of benzene rings is 12. The molecule has 0 aliphatic rings. The molecule has 76 heavy (non-hydrogen) atoms. The van der Waals surface area contributed by atoms with Crippen LogP contribution in [0.1, 0.15) is 20.6 Å². The highest BCUT2D eigenvalue weighted by Crippen LogP contribution is 2.45. The first kappa shape index (κ1) is 31.1. The highest BCUT2D eigenvalue weighted by Gasteiger charge is 2.42. The van der Waals surface area contributed by atoms with Crippen molar-refractivity contribution in [3.8, 4) is 44.8 Å². The number of furan rings is 1. The Bertz CT molecular complexity index is 5410. The van der Waals surface area contributed by atoms with Crippen LogP contribution in [0.25, 0.3) is 110 Å². The zero-order chi connectivity index (χ0) is 63.2. The number of aromatic nitrogens is 2. The second-order valence-corrected chi connectivity index (χ2v) is 22.5. The average Bonchev–Trinajstić information content (AvgIpc) is 1.20. The molecule has 0 bridgehead atoms. The molecule has 0 atom stereocenters. The van der Waals surface area contributed by atoms with Crippen molar-refractivity contribution in [1.82, 2.24) is 9.13 Å². The quantitative estimate of drug-likeness (QED) is 0.104. The van der Waals surface area contributed by atoms with Gasteiger partial charge in [-0.2, -0.15) is 0 Å². The van der Waals surface area contributed by atoms with Crippen molar-refractivity contribution in [3.63, 3.8) is 0 Å². The van der Waals surface area contributed by atoms with Gasteiger partial charge >= 0.3 is 0 Å². The Morgan fingerprint density at radius 1 is 0.329 bits per heavy atom. The van der Waals surface area contributed by atoms with Crippen molar-refractivity contribution >= 4 is 94.4 Å². The van der Waals surface area contributed by atoms with Crippen molar-refractivity contribution in [1.29, 1.82) is 0 Å². The number of fused-ring (bicyclic) bond motifs is 9. The van der Waals surface area contributed by atoms with Crippen LogP contribution < -0.4 is 20.7 Å². The van der Waals surface area contributed by atoms with E-state index in [0.29, 0.717) is 32.2 Å². The van der Waals surface area contributed by atoms with Crippen molar-refractivity contribution in [3.05, 3.63) is 291 Å². The summed E-state index contributed by atoms with van der Waals surface area (Å²) in [6.07, 6.45) is 0. The monoisotopic (exact) mass is 999 g/mol. The predicted molar refractivity (Wildman–Crippen MR) is 322 cm³/mol. The standard InChI is InChI=1S/C72H48N2OSi/c1-6-24-49(25-7-1)62-47-55(76(52-28-10-3-11-29-52,53-30-12-4-13-31-53)54-32-14-5-15-33-54)48-63(50-26-8-2-9-27-50)72(62)74-66-41-20-17-35-57(66)64-46-51(44-45-67(64)74)73-65-40-19-16-34-56(65)59-38-22-39-60(71(59)73)58-37-23-43-69-70(58)61-36-18-21-42-68(61)75-69/h1-48H/i1D,2D,3D,6D,7D,8D,9D,10D,11D,24D,25D,26D,27D,28D,29D. The lowest BCUT2D eigenvalue weighted by Gasteiger charge is -2.36. The van der Waals surface area contributed by atoms with Gasteiger partial charge in [-0.3, -0.25) is 0 Å². The fraction of sp³-hybridized carbons (Fsp3) is 0. The summed E-state index contributed by atoms with van der Waals surface area (Å²) in [6, 6.07) is 53.9. The summed E-state index contributed by atoms with van der Waals surface area (Å²) in [7, 11) is -4.52. The largest absolute Gasteiger partial charge is 0.456 e. The average molecular weight is 1000 g/mol. The molecule has 3 heterocycles. The molecule has 0 amide bonds. The molecule has 0 spiro atoms. The summed E-state index contributed by atoms with van der Waals surface area (Å²) in [5.74, 6) is 0. The lowest BCUT2D eigenvalue weighted by Crippen LogP contribution is -2.74. The Labute approximate surface area is 462 Å². The van der Waals surface area contributed by atoms with E-state index in [1.165, 1.54) is 0 Å². The molecule has 15 aromatic rings. The van der Waals surface area contributed by atoms with Gasteiger partial charge < -0.3 is 13.6 Å². The maximum absolute atomic E-state index is 9.87. The molecule has 0 N–H and O–H groups in total. The minimum Gasteiger partial charge on any atom is -0.456 e. The molecular weight excluding hydrogens is 937 g/mol. The van der Waals surface area contributed by atoms with E-state index >= 15 is 0 Å². The lowest BCUT2D eigenvalue weighted by atomic mass is 9.95. The van der Waals surface area contributed by atoms with Crippen LogP contribution in [0.5, 0.6) is 0 Å². The zero-order valence-electron chi connectivity index (χ0n) is 55.4. The van der Waals surface area contributed by atoms with Gasteiger partial charge in [-0.25, -0.2) is 0 Å². The van der Waals surface area contributed by atoms with E-state index < -0.39 is 98.7 Å². The fourth-order valence-electron chi connectivity index (χ4n) is 11.8. The van der Waals surface area contributed by atoms with E-state index in [1.54, 1.807) is 72.8 Å². The molecule has 356 valence electrons. The molecule has 0 radical (unpaired) electrons. The Morgan fingerprint density at radius 3 is 1.49 bits per heavy atom. The highest BCUT2D eigenvalue weighted by molar-refractivity contribution is 7.20. The van der Waals surface area contributed by atoms with E-state index in [2.05, 4.69) is 53.1 Å². The first-order valence-corrected chi connectivity index (χ1v) is 26.9. The Hall–Kier alpha value is -9.74. The fourth-order valence-corrected chi connectivity index (χ4v) is 16.3. The molecule has 0 saturated carbocycles. The van der Waals surface area contributed by atoms with Crippen LogP contribution in [-0.4, -0.2) is 17.2 Å². The first-order valence-electron chi connectivity index (χ1n) is 32.4. The SMILES string of the molecule is [2H]c1c([2H])c([2H])c(-c2cc([Si](c3ccccc3)(c3ccccc3)c3c([2H])c([2H])c([2H])c([2H])c3[2H])cc(-c3c([2H])c([2H])c([2H])c([2H])c3[2H])c2-n2c3ccccc3c3cc(-n4c5ccccc5c5cccc(-c6cccc7oc8ccccc8c67)c54)ccc32)c([2H])c1[2H]. The molecule has 15 rings (SSSR count). The van der Waals surface area contributed by atoms with E-state index in [1.807, 2.05) is 83.4 Å². The van der Waals surface area contributed by atoms with Gasteiger partial charge in [0, 0.05) is 54.7 Å². The van der Waals surface area contributed by atoms with E-state index in [4.69, 9.17) is 8.53 Å². The Kier molecular flexibility index (Phi) is 7.26. The van der Waals surface area contributed by atoms with Gasteiger partial charge in [0.25, 0.3) is 0 Å². The number of hydrogen-bond donors (Lipinski definition) is 0. The third kappa shape index (κ3) is 6.68. The lowest BCUT2D eigenvalue weighted by molar-refractivity contribution is 0.669. The predicted octanol–water partition coefficient (Wildman–Crippen LogP) is 16.2. The van der Waals surface area contributed by atoms with Gasteiger partial charge in [-0.1, -0.05) is 248 Å². The van der Waals surface area contributed by atoms with Crippen LogP contribution >= 0.6 is 0 Å². The first-order chi connectivity index (χ1) is 43.9. The molecule has 12 aromatic carbocycles. The third-order valence-electron chi connectivity index (χ3n) is 14.9. The van der Waals surface area contributed by atoms with Crippen molar-refractivity contribution in [2.24, 2.45) is 0 Å². The summed E-state index contributed by atoms with van der Waals surface area (Å²) in [5.41, 5.74) is 6.50.